The number of hydrogen-bond donors (Lipinski definition) is 1. The Morgan fingerprint density at radius 3 is 2.28 bits per heavy atom. The number of anilines is 2. The number of carbonyl (C=O) groups is 2. The van der Waals surface area contributed by atoms with Crippen molar-refractivity contribution in [1.82, 2.24) is 0 Å². The Kier molecular flexibility index (Phi) is 5.67. The summed E-state index contributed by atoms with van der Waals surface area (Å²) < 4.78 is 28.2. The summed E-state index contributed by atoms with van der Waals surface area (Å²) in [5.41, 5.74) is 3.69. The first-order valence-corrected chi connectivity index (χ1v) is 11.5. The first kappa shape index (κ1) is 21.5. The van der Waals surface area contributed by atoms with Crippen LogP contribution >= 0.6 is 0 Å². The Balaban J connectivity index is 1.73. The maximum Gasteiger partial charge on any atom is 0.270 e. The molecule has 0 bridgehead atoms. The molecular weight excluding hydrogens is 424 g/mol. The van der Waals surface area contributed by atoms with Gasteiger partial charge in [0.1, 0.15) is 0 Å². The number of benzene rings is 3. The molecule has 4 rings (SSSR count). The van der Waals surface area contributed by atoms with Gasteiger partial charge in [0.15, 0.2) is 10.7 Å². The summed E-state index contributed by atoms with van der Waals surface area (Å²) in [7, 11) is -4.10. The van der Waals surface area contributed by atoms with Gasteiger partial charge in [0.05, 0.1) is 12.2 Å². The number of sulfonamides is 1. The minimum atomic E-state index is -4.10. The molecule has 1 aliphatic rings. The summed E-state index contributed by atoms with van der Waals surface area (Å²) in [5, 5.41) is 2.89. The number of carbonyl (C=O) groups excluding carboxylic acids is 2. The molecule has 3 aromatic rings. The number of allylic oxidation sites excluding steroid dienone is 1. The lowest BCUT2D eigenvalue weighted by Crippen LogP contribution is -2.39. The number of aryl methyl sites for hydroxylation is 1. The Labute approximate surface area is 187 Å². The molecule has 6 nitrogen and oxygen atoms in total. The van der Waals surface area contributed by atoms with Crippen molar-refractivity contribution in [2.24, 2.45) is 0 Å². The third-order valence-electron chi connectivity index (χ3n) is 5.32. The molecule has 0 fully saturated rings. The fraction of sp³-hybridized carbons (Fsp3) is 0.120. The lowest BCUT2D eigenvalue weighted by Gasteiger charge is -2.31. The van der Waals surface area contributed by atoms with E-state index in [1.807, 2.05) is 31.2 Å². The van der Waals surface area contributed by atoms with E-state index in [1.165, 1.54) is 17.4 Å². The van der Waals surface area contributed by atoms with E-state index in [0.29, 0.717) is 22.5 Å². The third-order valence-corrected chi connectivity index (χ3v) is 7.08. The van der Waals surface area contributed by atoms with Crippen LogP contribution in [0.5, 0.6) is 0 Å². The molecule has 0 amide bonds. The molecule has 0 aromatic heterocycles. The fourth-order valence-electron chi connectivity index (χ4n) is 3.50. The molecule has 1 heterocycles. The van der Waals surface area contributed by atoms with Crippen LogP contribution in [0.15, 0.2) is 83.9 Å². The lowest BCUT2D eigenvalue weighted by molar-refractivity contribution is 0.101. The van der Waals surface area contributed by atoms with Gasteiger partial charge in [-0.25, -0.2) is 8.42 Å². The van der Waals surface area contributed by atoms with E-state index >= 15 is 0 Å². The Morgan fingerprint density at radius 2 is 1.62 bits per heavy atom. The number of Topliss-reactive ketones (excluding diaryl/α,β-unsaturated/α-hetero) is 2. The molecule has 162 valence electrons. The van der Waals surface area contributed by atoms with Crippen molar-refractivity contribution < 1.29 is 18.0 Å². The highest BCUT2D eigenvalue weighted by Crippen LogP contribution is 2.36. The topological polar surface area (TPSA) is 83.6 Å². The first-order chi connectivity index (χ1) is 15.3. The zero-order chi connectivity index (χ0) is 22.9. The number of nitrogens with zero attached hydrogens (tertiary/aromatic N) is 1. The molecule has 7 heteroatoms. The largest absolute Gasteiger partial charge is 0.360 e. The van der Waals surface area contributed by atoms with Crippen LogP contribution in [0.4, 0.5) is 11.4 Å². The van der Waals surface area contributed by atoms with Crippen LogP contribution in [0.1, 0.15) is 38.8 Å². The van der Waals surface area contributed by atoms with Crippen molar-refractivity contribution in [3.05, 3.63) is 106 Å². The standard InChI is InChI=1S/C25H22N2O4S/c1-17-7-9-19(10-8-17)16-27-23-6-4-3-5-22(23)25(29)24(32(27,30)31)15-26-21-13-11-20(12-14-21)18(2)28/h3-15,26H,16H2,1-2H3/b24-15+. The van der Waals surface area contributed by atoms with E-state index in [0.717, 1.165) is 11.1 Å². The lowest BCUT2D eigenvalue weighted by atomic mass is 10.1. The van der Waals surface area contributed by atoms with Gasteiger partial charge in [-0.15, -0.1) is 0 Å². The van der Waals surface area contributed by atoms with E-state index < -0.39 is 15.8 Å². The normalized spacial score (nSPS) is 16.0. The van der Waals surface area contributed by atoms with Crippen LogP contribution < -0.4 is 9.62 Å². The minimum Gasteiger partial charge on any atom is -0.360 e. The van der Waals surface area contributed by atoms with Crippen LogP contribution in [-0.2, 0) is 16.6 Å². The van der Waals surface area contributed by atoms with Gasteiger partial charge in [-0.3, -0.25) is 13.9 Å². The Morgan fingerprint density at radius 1 is 0.969 bits per heavy atom. The molecule has 0 radical (unpaired) electrons. The fourth-order valence-corrected chi connectivity index (χ4v) is 5.03. The number of hydrogen-bond acceptors (Lipinski definition) is 5. The second-order valence-electron chi connectivity index (χ2n) is 7.63. The van der Waals surface area contributed by atoms with Gasteiger partial charge in [0.25, 0.3) is 10.0 Å². The van der Waals surface area contributed by atoms with Gasteiger partial charge in [-0.2, -0.15) is 0 Å². The Bertz CT molecular complexity index is 1330. The van der Waals surface area contributed by atoms with Crippen molar-refractivity contribution in [1.29, 1.82) is 0 Å². The number of fused-ring (bicyclic) bond motifs is 1. The minimum absolute atomic E-state index is 0.0664. The van der Waals surface area contributed by atoms with Crippen molar-refractivity contribution >= 4 is 33.0 Å². The van der Waals surface area contributed by atoms with Crippen LogP contribution in [0.2, 0.25) is 0 Å². The van der Waals surface area contributed by atoms with Crippen molar-refractivity contribution in [3.8, 4) is 0 Å². The molecule has 1 N–H and O–H groups in total. The van der Waals surface area contributed by atoms with Crippen molar-refractivity contribution in [2.75, 3.05) is 9.62 Å². The van der Waals surface area contributed by atoms with Gasteiger partial charge in [0.2, 0.25) is 5.78 Å². The van der Waals surface area contributed by atoms with Gasteiger partial charge in [-0.1, -0.05) is 42.0 Å². The van der Waals surface area contributed by atoms with E-state index in [-0.39, 0.29) is 17.2 Å². The van der Waals surface area contributed by atoms with E-state index in [2.05, 4.69) is 5.32 Å². The molecule has 0 unspecified atom stereocenters. The molecule has 1 aliphatic heterocycles. The highest BCUT2D eigenvalue weighted by Gasteiger charge is 2.40. The molecule has 0 spiro atoms. The number of nitrogens with one attached hydrogen (secondary N) is 1. The average molecular weight is 447 g/mol. The maximum atomic E-state index is 13.5. The molecule has 0 aliphatic carbocycles. The van der Waals surface area contributed by atoms with E-state index in [4.69, 9.17) is 0 Å². The zero-order valence-corrected chi connectivity index (χ0v) is 18.5. The Hall–Kier alpha value is -3.71. The van der Waals surface area contributed by atoms with Crippen molar-refractivity contribution in [2.45, 2.75) is 20.4 Å². The molecule has 0 atom stereocenters. The number of para-hydroxylation sites is 1. The monoisotopic (exact) mass is 446 g/mol. The summed E-state index contributed by atoms with van der Waals surface area (Å²) >= 11 is 0. The zero-order valence-electron chi connectivity index (χ0n) is 17.7. The van der Waals surface area contributed by atoms with Crippen LogP contribution in [0, 0.1) is 6.92 Å². The molecule has 0 saturated carbocycles. The molecule has 32 heavy (non-hydrogen) atoms. The van der Waals surface area contributed by atoms with Gasteiger partial charge in [0, 0.05) is 23.0 Å². The highest BCUT2D eigenvalue weighted by atomic mass is 32.2. The third kappa shape index (κ3) is 4.07. The summed E-state index contributed by atoms with van der Waals surface area (Å²) in [6, 6.07) is 20.9. The van der Waals surface area contributed by atoms with Gasteiger partial charge in [-0.05, 0) is 55.8 Å². The average Bonchev–Trinajstić information content (AvgIpc) is 2.78. The molecule has 3 aromatic carbocycles. The summed E-state index contributed by atoms with van der Waals surface area (Å²) in [5.74, 6) is -0.628. The maximum absolute atomic E-state index is 13.5. The predicted octanol–water partition coefficient (Wildman–Crippen LogP) is 4.68. The molecular formula is C25H22N2O4S. The first-order valence-electron chi connectivity index (χ1n) is 10.1. The van der Waals surface area contributed by atoms with Gasteiger partial charge >= 0.3 is 0 Å². The summed E-state index contributed by atoms with van der Waals surface area (Å²) in [4.78, 5) is 24.2. The molecule has 0 saturated heterocycles. The number of rotatable bonds is 5. The summed E-state index contributed by atoms with van der Waals surface area (Å²) in [6.45, 7) is 3.54. The predicted molar refractivity (Wildman–Crippen MR) is 125 cm³/mol. The van der Waals surface area contributed by atoms with E-state index in [1.54, 1.807) is 48.5 Å². The van der Waals surface area contributed by atoms with Gasteiger partial charge < -0.3 is 5.32 Å². The van der Waals surface area contributed by atoms with Crippen LogP contribution in [-0.4, -0.2) is 20.0 Å². The quantitative estimate of drug-likeness (QED) is 0.454. The SMILES string of the molecule is CC(=O)c1ccc(N/C=C2\C(=O)c3ccccc3N(Cc3ccc(C)cc3)S2(=O)=O)cc1. The number of ketones is 2. The van der Waals surface area contributed by atoms with Crippen molar-refractivity contribution in [3.63, 3.8) is 0 Å². The summed E-state index contributed by atoms with van der Waals surface area (Å²) in [6.07, 6.45) is 1.22. The highest BCUT2D eigenvalue weighted by molar-refractivity contribution is 7.97. The van der Waals surface area contributed by atoms with E-state index in [9.17, 15) is 18.0 Å². The second-order valence-corrected chi connectivity index (χ2v) is 9.46. The second kappa shape index (κ2) is 8.43. The smallest absolute Gasteiger partial charge is 0.270 e. The van der Waals surface area contributed by atoms with Crippen LogP contribution in [0.25, 0.3) is 0 Å². The van der Waals surface area contributed by atoms with Crippen LogP contribution in [0.3, 0.4) is 0 Å².